The Hall–Kier alpha value is -2.96. The molecule has 0 bridgehead atoms. The molecular weight excluding hydrogens is 490 g/mol. The molecule has 5 nitrogen and oxygen atoms in total. The number of carbonyl (C=O) groups is 1. The molecule has 0 aromatic heterocycles. The van der Waals surface area contributed by atoms with Crippen LogP contribution in [0.4, 0.5) is 15.8 Å². The van der Waals surface area contributed by atoms with Crippen LogP contribution in [0.25, 0.3) is 0 Å². The van der Waals surface area contributed by atoms with E-state index >= 15 is 0 Å². The monoisotopic (exact) mass is 518 g/mol. The van der Waals surface area contributed by atoms with Crippen LogP contribution in [0, 0.1) is 11.7 Å². The van der Waals surface area contributed by atoms with Gasteiger partial charge in [0.2, 0.25) is 5.91 Å². The van der Waals surface area contributed by atoms with Crippen molar-refractivity contribution in [3.05, 3.63) is 81.6 Å². The third-order valence-electron chi connectivity index (χ3n) is 5.03. The second kappa shape index (κ2) is 12.7. The quantitative estimate of drug-likeness (QED) is 0.273. The van der Waals surface area contributed by atoms with E-state index in [1.807, 2.05) is 51.1 Å². The summed E-state index contributed by atoms with van der Waals surface area (Å²) >= 11 is 12.6. The predicted molar refractivity (Wildman–Crippen MR) is 140 cm³/mol. The van der Waals surface area contributed by atoms with Crippen LogP contribution in [0.1, 0.15) is 38.3 Å². The summed E-state index contributed by atoms with van der Waals surface area (Å²) in [7, 11) is 0. The number of rotatable bonds is 11. The van der Waals surface area contributed by atoms with E-state index in [-0.39, 0.29) is 23.5 Å². The number of anilines is 2. The predicted octanol–water partition coefficient (Wildman–Crippen LogP) is 7.71. The van der Waals surface area contributed by atoms with Crippen LogP contribution in [-0.4, -0.2) is 12.5 Å². The number of amides is 1. The van der Waals surface area contributed by atoms with E-state index in [0.29, 0.717) is 41.7 Å². The molecule has 8 heteroatoms. The molecule has 0 aliphatic carbocycles. The first-order chi connectivity index (χ1) is 16.7. The summed E-state index contributed by atoms with van der Waals surface area (Å²) in [6.45, 7) is 6.92. The Kier molecular flexibility index (Phi) is 9.64. The zero-order chi connectivity index (χ0) is 25.4. The molecule has 0 aliphatic heterocycles. The maximum Gasteiger partial charge on any atom is 0.224 e. The van der Waals surface area contributed by atoms with E-state index < -0.39 is 5.82 Å². The van der Waals surface area contributed by atoms with E-state index in [4.69, 9.17) is 32.7 Å². The van der Waals surface area contributed by atoms with Crippen molar-refractivity contribution in [3.63, 3.8) is 0 Å². The maximum absolute atomic E-state index is 13.3. The number of ether oxygens (including phenoxy) is 2. The molecule has 3 aromatic carbocycles. The van der Waals surface area contributed by atoms with Gasteiger partial charge in [-0.05, 0) is 54.8 Å². The topological polar surface area (TPSA) is 59.6 Å². The molecule has 0 saturated heterocycles. The van der Waals surface area contributed by atoms with Crippen LogP contribution >= 0.6 is 23.2 Å². The number of nitrogens with one attached hydrogen (secondary N) is 2. The van der Waals surface area contributed by atoms with E-state index in [1.54, 1.807) is 12.1 Å². The molecular formula is C27H29Cl2FN2O3. The summed E-state index contributed by atoms with van der Waals surface area (Å²) in [5.74, 6) is 0.881. The lowest BCUT2D eigenvalue weighted by Crippen LogP contribution is -2.14. The van der Waals surface area contributed by atoms with Crippen molar-refractivity contribution in [1.82, 2.24) is 0 Å². The van der Waals surface area contributed by atoms with Gasteiger partial charge in [-0.25, -0.2) is 4.39 Å². The Bertz CT molecular complexity index is 1170. The first-order valence-electron chi connectivity index (χ1n) is 11.4. The molecule has 1 amide bonds. The van der Waals surface area contributed by atoms with Gasteiger partial charge >= 0.3 is 0 Å². The van der Waals surface area contributed by atoms with Crippen molar-refractivity contribution in [1.29, 1.82) is 0 Å². The van der Waals surface area contributed by atoms with Gasteiger partial charge in [0, 0.05) is 41.0 Å². The Morgan fingerprint density at radius 1 is 0.943 bits per heavy atom. The molecule has 0 heterocycles. The summed E-state index contributed by atoms with van der Waals surface area (Å²) in [6, 6.07) is 15.2. The van der Waals surface area contributed by atoms with Crippen LogP contribution in [-0.2, 0) is 17.9 Å². The van der Waals surface area contributed by atoms with Gasteiger partial charge in [-0.1, -0.05) is 49.2 Å². The molecule has 0 radical (unpaired) electrons. The van der Waals surface area contributed by atoms with Crippen molar-refractivity contribution in [2.45, 2.75) is 40.3 Å². The van der Waals surface area contributed by atoms with Crippen molar-refractivity contribution in [2.24, 2.45) is 5.92 Å². The highest BCUT2D eigenvalue weighted by molar-refractivity contribution is 6.31. The van der Waals surface area contributed by atoms with Crippen molar-refractivity contribution < 1.29 is 18.7 Å². The number of halogens is 3. The standard InChI is InChI=1S/C27H29Cl2FN2O3/c1-4-34-25-11-19(15-31-21-6-5-7-22(13-21)32-27(33)10-17(2)3)24(29)14-26(25)35-16-18-8-9-20(30)12-23(18)28/h5-9,11-14,17,31H,4,10,15-16H2,1-3H3,(H,32,33). The summed E-state index contributed by atoms with van der Waals surface area (Å²) in [5.41, 5.74) is 3.03. The maximum atomic E-state index is 13.3. The molecule has 3 aromatic rings. The summed E-state index contributed by atoms with van der Waals surface area (Å²) in [5, 5.41) is 7.04. The Labute approximate surface area is 215 Å². The van der Waals surface area contributed by atoms with E-state index in [2.05, 4.69) is 10.6 Å². The van der Waals surface area contributed by atoms with Crippen LogP contribution in [0.5, 0.6) is 11.5 Å². The van der Waals surface area contributed by atoms with Crippen LogP contribution < -0.4 is 20.1 Å². The minimum Gasteiger partial charge on any atom is -0.490 e. The van der Waals surface area contributed by atoms with Crippen molar-refractivity contribution in [2.75, 3.05) is 17.2 Å². The largest absolute Gasteiger partial charge is 0.490 e. The van der Waals surface area contributed by atoms with Gasteiger partial charge in [-0.3, -0.25) is 4.79 Å². The fourth-order valence-corrected chi connectivity index (χ4v) is 3.82. The zero-order valence-electron chi connectivity index (χ0n) is 20.0. The Morgan fingerprint density at radius 2 is 1.66 bits per heavy atom. The zero-order valence-corrected chi connectivity index (χ0v) is 21.5. The van der Waals surface area contributed by atoms with Gasteiger partial charge in [-0.2, -0.15) is 0 Å². The third-order valence-corrected chi connectivity index (χ3v) is 5.74. The van der Waals surface area contributed by atoms with Crippen LogP contribution in [0.15, 0.2) is 54.6 Å². The molecule has 0 fully saturated rings. The van der Waals surface area contributed by atoms with Gasteiger partial charge in [0.1, 0.15) is 12.4 Å². The first kappa shape index (κ1) is 26.6. The van der Waals surface area contributed by atoms with E-state index in [1.165, 1.54) is 12.1 Å². The number of hydrogen-bond donors (Lipinski definition) is 2. The highest BCUT2D eigenvalue weighted by Crippen LogP contribution is 2.35. The van der Waals surface area contributed by atoms with E-state index in [0.717, 1.165) is 16.9 Å². The molecule has 186 valence electrons. The van der Waals surface area contributed by atoms with E-state index in [9.17, 15) is 9.18 Å². The second-order valence-corrected chi connectivity index (χ2v) is 9.24. The SMILES string of the molecule is CCOc1cc(CNc2cccc(NC(=O)CC(C)C)c2)c(Cl)cc1OCc1ccc(F)cc1Cl. The van der Waals surface area contributed by atoms with Crippen molar-refractivity contribution >= 4 is 40.5 Å². The van der Waals surface area contributed by atoms with Crippen LogP contribution in [0.3, 0.4) is 0 Å². The third kappa shape index (κ3) is 8.05. The Morgan fingerprint density at radius 3 is 2.37 bits per heavy atom. The van der Waals surface area contributed by atoms with Crippen LogP contribution in [0.2, 0.25) is 10.0 Å². The molecule has 0 saturated carbocycles. The van der Waals surface area contributed by atoms with Gasteiger partial charge in [0.15, 0.2) is 11.5 Å². The molecule has 0 atom stereocenters. The lowest BCUT2D eigenvalue weighted by molar-refractivity contribution is -0.116. The number of carbonyl (C=O) groups excluding carboxylic acids is 1. The average Bonchev–Trinajstić information content (AvgIpc) is 2.79. The summed E-state index contributed by atoms with van der Waals surface area (Å²) < 4.78 is 25.0. The molecule has 35 heavy (non-hydrogen) atoms. The lowest BCUT2D eigenvalue weighted by atomic mass is 10.1. The molecule has 2 N–H and O–H groups in total. The molecule has 0 unspecified atom stereocenters. The normalized spacial score (nSPS) is 10.8. The number of benzene rings is 3. The lowest BCUT2D eigenvalue weighted by Gasteiger charge is -2.16. The van der Waals surface area contributed by atoms with Gasteiger partial charge < -0.3 is 20.1 Å². The summed E-state index contributed by atoms with van der Waals surface area (Å²) in [6.07, 6.45) is 0.468. The molecule has 0 spiro atoms. The highest BCUT2D eigenvalue weighted by atomic mass is 35.5. The average molecular weight is 519 g/mol. The molecule has 3 rings (SSSR count). The smallest absolute Gasteiger partial charge is 0.224 e. The number of hydrogen-bond acceptors (Lipinski definition) is 4. The van der Waals surface area contributed by atoms with Gasteiger partial charge in [0.05, 0.1) is 11.6 Å². The minimum absolute atomic E-state index is 0.0148. The molecule has 0 aliphatic rings. The Balaban J connectivity index is 1.69. The first-order valence-corrected chi connectivity index (χ1v) is 12.2. The summed E-state index contributed by atoms with van der Waals surface area (Å²) in [4.78, 5) is 12.1. The van der Waals surface area contributed by atoms with Crippen molar-refractivity contribution in [3.8, 4) is 11.5 Å². The minimum atomic E-state index is -0.405. The van der Waals surface area contributed by atoms with Gasteiger partial charge in [-0.15, -0.1) is 0 Å². The second-order valence-electron chi connectivity index (χ2n) is 8.43. The highest BCUT2D eigenvalue weighted by Gasteiger charge is 2.13. The fraction of sp³-hybridized carbons (Fsp3) is 0.296. The van der Waals surface area contributed by atoms with Gasteiger partial charge in [0.25, 0.3) is 0 Å². The fourth-order valence-electron chi connectivity index (χ4n) is 3.38.